The normalized spacial score (nSPS) is 14.3. The minimum absolute atomic E-state index is 0.0397. The van der Waals surface area contributed by atoms with E-state index in [1.54, 1.807) is 48.5 Å². The molecule has 56 heavy (non-hydrogen) atoms. The number of hydrogen-bond donors (Lipinski definition) is 6. The molecule has 0 amide bonds. The molecule has 0 aliphatic rings. The number of hydrogen-bond acceptors (Lipinski definition) is 6. The highest BCUT2D eigenvalue weighted by Gasteiger charge is 2.27. The van der Waals surface area contributed by atoms with Gasteiger partial charge in [-0.05, 0) is 147 Å². The largest absolute Gasteiger partial charge is 0.507 e. The number of aliphatic hydroxyl groups is 2. The van der Waals surface area contributed by atoms with E-state index in [0.29, 0.717) is 95.9 Å². The second-order valence-electron chi connectivity index (χ2n) is 17.0. The summed E-state index contributed by atoms with van der Waals surface area (Å²) in [4.78, 5) is 0. The van der Waals surface area contributed by atoms with Crippen LogP contribution in [0.5, 0.6) is 23.0 Å². The maximum absolute atomic E-state index is 12.7. The van der Waals surface area contributed by atoms with Gasteiger partial charge in [0.25, 0.3) is 0 Å². The van der Waals surface area contributed by atoms with Crippen molar-refractivity contribution in [2.45, 2.75) is 214 Å². The summed E-state index contributed by atoms with van der Waals surface area (Å²) in [6, 6.07) is 0. The number of aromatic hydroxyl groups is 4. The Morgan fingerprint density at radius 2 is 0.625 bits per heavy atom. The van der Waals surface area contributed by atoms with Crippen LogP contribution in [0.1, 0.15) is 181 Å². The van der Waals surface area contributed by atoms with Crippen LogP contribution in [-0.4, -0.2) is 53.9 Å². The van der Waals surface area contributed by atoms with Crippen LogP contribution in [0.4, 0.5) is 22.0 Å². The zero-order valence-electron chi connectivity index (χ0n) is 35.7. The van der Waals surface area contributed by atoms with Crippen LogP contribution in [0, 0.1) is 41.5 Å². The van der Waals surface area contributed by atoms with E-state index in [1.807, 2.05) is 6.92 Å². The molecule has 2 rings (SSSR count). The van der Waals surface area contributed by atoms with E-state index in [1.165, 1.54) is 0 Å². The average Bonchev–Trinajstić information content (AvgIpc) is 3.09. The van der Waals surface area contributed by atoms with Crippen LogP contribution in [0.3, 0.4) is 0 Å². The zero-order valence-corrected chi connectivity index (χ0v) is 35.7. The fraction of sp³-hybridized carbons (Fsp3) is 0.733. The molecule has 0 bridgehead atoms. The summed E-state index contributed by atoms with van der Waals surface area (Å²) in [7, 11) is 0. The first-order valence-corrected chi connectivity index (χ1v) is 20.6. The summed E-state index contributed by atoms with van der Waals surface area (Å²) < 4.78 is 61.7. The molecule has 0 heterocycles. The SMILES string of the molecule is Cc1c(C)c(O)c(CC[C@@](C)(O)CCCCCCCCC(C)(F)F)c(C)c1O.Cc1c(C)c(O)c(CC[C@](C)(O)CCCCCCCCC(F)(F)F)c(C)c1O. The van der Waals surface area contributed by atoms with E-state index in [4.69, 9.17) is 0 Å². The van der Waals surface area contributed by atoms with Crippen LogP contribution in [0.25, 0.3) is 0 Å². The van der Waals surface area contributed by atoms with Crippen molar-refractivity contribution in [2.24, 2.45) is 0 Å². The van der Waals surface area contributed by atoms with E-state index in [2.05, 4.69) is 0 Å². The number of phenolic OH excluding ortho intramolecular Hbond substituents is 4. The third-order valence-electron chi connectivity index (χ3n) is 11.6. The Labute approximate surface area is 333 Å². The van der Waals surface area contributed by atoms with Gasteiger partial charge in [0.1, 0.15) is 23.0 Å². The second-order valence-corrected chi connectivity index (χ2v) is 17.0. The van der Waals surface area contributed by atoms with Gasteiger partial charge in [0.2, 0.25) is 5.92 Å². The van der Waals surface area contributed by atoms with Crippen LogP contribution in [0.2, 0.25) is 0 Å². The summed E-state index contributed by atoms with van der Waals surface area (Å²) in [6.07, 6.45) is 7.75. The highest BCUT2D eigenvalue weighted by molar-refractivity contribution is 5.57. The minimum atomic E-state index is -4.06. The quantitative estimate of drug-likeness (QED) is 0.0378. The van der Waals surface area contributed by atoms with Gasteiger partial charge in [0, 0.05) is 24.0 Å². The molecule has 0 radical (unpaired) electrons. The molecule has 6 nitrogen and oxygen atoms in total. The Hall–Kier alpha value is -2.79. The molecule has 0 fully saturated rings. The molecule has 324 valence electrons. The van der Waals surface area contributed by atoms with Crippen LogP contribution in [-0.2, 0) is 12.8 Å². The first kappa shape index (κ1) is 51.2. The molecule has 0 spiro atoms. The number of unbranched alkanes of at least 4 members (excludes halogenated alkanes) is 10. The van der Waals surface area contributed by atoms with Crippen molar-refractivity contribution in [3.8, 4) is 23.0 Å². The number of phenols is 4. The van der Waals surface area contributed by atoms with Crippen LogP contribution < -0.4 is 0 Å². The Morgan fingerprint density at radius 1 is 0.357 bits per heavy atom. The zero-order chi connectivity index (χ0) is 43.1. The van der Waals surface area contributed by atoms with Crippen molar-refractivity contribution in [1.29, 1.82) is 0 Å². The van der Waals surface area contributed by atoms with Gasteiger partial charge in [-0.3, -0.25) is 0 Å². The summed E-state index contributed by atoms with van der Waals surface area (Å²) in [6.45, 7) is 15.2. The molecule has 2 atom stereocenters. The van der Waals surface area contributed by atoms with Crippen molar-refractivity contribution in [3.63, 3.8) is 0 Å². The second kappa shape index (κ2) is 23.0. The van der Waals surface area contributed by atoms with Crippen molar-refractivity contribution in [1.82, 2.24) is 0 Å². The Balaban J connectivity index is 0.000000560. The Bertz CT molecular complexity index is 1320. The number of rotatable bonds is 23. The molecule has 2 aromatic carbocycles. The first-order chi connectivity index (χ1) is 25.7. The Morgan fingerprint density at radius 3 is 0.929 bits per heavy atom. The third-order valence-corrected chi connectivity index (χ3v) is 11.6. The summed E-state index contributed by atoms with van der Waals surface area (Å²) >= 11 is 0. The van der Waals surface area contributed by atoms with E-state index in [0.717, 1.165) is 64.7 Å². The monoisotopic (exact) mass is 805 g/mol. The highest BCUT2D eigenvalue weighted by Crippen LogP contribution is 2.39. The summed E-state index contributed by atoms with van der Waals surface area (Å²) in [5.74, 6) is -1.76. The predicted octanol–water partition coefficient (Wildman–Crippen LogP) is 12.9. The van der Waals surface area contributed by atoms with Gasteiger partial charge in [0.05, 0.1) is 11.2 Å². The van der Waals surface area contributed by atoms with Gasteiger partial charge < -0.3 is 30.6 Å². The van der Waals surface area contributed by atoms with E-state index >= 15 is 0 Å². The van der Waals surface area contributed by atoms with Crippen LogP contribution in [0.15, 0.2) is 0 Å². The fourth-order valence-electron chi connectivity index (χ4n) is 7.20. The molecular formula is C45H73F5O6. The number of benzene rings is 2. The van der Waals surface area contributed by atoms with E-state index < -0.39 is 29.7 Å². The summed E-state index contributed by atoms with van der Waals surface area (Å²) in [5.41, 5.74) is 3.67. The Kier molecular flexibility index (Phi) is 21.0. The molecule has 6 N–H and O–H groups in total. The molecule has 2 aromatic rings. The molecule has 0 unspecified atom stereocenters. The highest BCUT2D eigenvalue weighted by atomic mass is 19.4. The lowest BCUT2D eigenvalue weighted by molar-refractivity contribution is -0.135. The molecular weight excluding hydrogens is 731 g/mol. The molecule has 0 saturated carbocycles. The molecule has 11 heteroatoms. The maximum atomic E-state index is 12.7. The summed E-state index contributed by atoms with van der Waals surface area (Å²) in [5, 5.41) is 62.5. The van der Waals surface area contributed by atoms with E-state index in [9.17, 15) is 52.6 Å². The molecule has 0 saturated heterocycles. The number of halogens is 5. The van der Waals surface area contributed by atoms with Gasteiger partial charge in [-0.2, -0.15) is 13.2 Å². The first-order valence-electron chi connectivity index (χ1n) is 20.6. The lowest BCUT2D eigenvalue weighted by Gasteiger charge is -2.25. The van der Waals surface area contributed by atoms with Crippen molar-refractivity contribution >= 4 is 0 Å². The van der Waals surface area contributed by atoms with Crippen molar-refractivity contribution in [2.75, 3.05) is 0 Å². The molecule has 0 aliphatic carbocycles. The number of alkyl halides is 5. The van der Waals surface area contributed by atoms with Crippen LogP contribution >= 0.6 is 0 Å². The smallest absolute Gasteiger partial charge is 0.389 e. The minimum Gasteiger partial charge on any atom is -0.507 e. The lowest BCUT2D eigenvalue weighted by atomic mass is 9.88. The topological polar surface area (TPSA) is 121 Å². The third kappa shape index (κ3) is 18.6. The van der Waals surface area contributed by atoms with Gasteiger partial charge in [-0.15, -0.1) is 0 Å². The van der Waals surface area contributed by atoms with Crippen molar-refractivity contribution in [3.05, 3.63) is 44.5 Å². The van der Waals surface area contributed by atoms with Gasteiger partial charge in [-0.1, -0.05) is 64.2 Å². The fourth-order valence-corrected chi connectivity index (χ4v) is 7.20. The van der Waals surface area contributed by atoms with Gasteiger partial charge in [0.15, 0.2) is 0 Å². The van der Waals surface area contributed by atoms with E-state index in [-0.39, 0.29) is 35.8 Å². The maximum Gasteiger partial charge on any atom is 0.389 e. The predicted molar refractivity (Wildman–Crippen MR) is 216 cm³/mol. The standard InChI is InChI=1S/C23H38F2O3.C22H35F3O3/c1-16-17(2)21(27)19(18(3)20(16)26)12-15-22(4,28)13-10-8-6-7-9-11-14-23(5,24)25;1-15-16(2)20(27)18(17(3)19(15)26)11-14-21(4,28)12-9-7-5-6-8-10-13-22(23,24)25/h26-28H,6-15H2,1-5H3;26-28H,5-14H2,1-4H3/t22-;21-/m01/s1. The molecule has 0 aliphatic heterocycles. The lowest BCUT2D eigenvalue weighted by Crippen LogP contribution is -2.25. The average molecular weight is 805 g/mol. The van der Waals surface area contributed by atoms with Gasteiger partial charge >= 0.3 is 6.18 Å². The van der Waals surface area contributed by atoms with Crippen molar-refractivity contribution < 1.29 is 52.6 Å². The molecule has 0 aromatic heterocycles. The van der Waals surface area contributed by atoms with Gasteiger partial charge in [-0.25, -0.2) is 8.78 Å².